The van der Waals surface area contributed by atoms with Crippen molar-refractivity contribution in [1.82, 2.24) is 20.0 Å². The van der Waals surface area contributed by atoms with Gasteiger partial charge in [0.2, 0.25) is 0 Å². The summed E-state index contributed by atoms with van der Waals surface area (Å²) in [6, 6.07) is 7.83. The predicted molar refractivity (Wildman–Crippen MR) is 108 cm³/mol. The van der Waals surface area contributed by atoms with Gasteiger partial charge in [0, 0.05) is 31.6 Å². The first kappa shape index (κ1) is 20.4. The summed E-state index contributed by atoms with van der Waals surface area (Å²) in [7, 11) is 5.66. The van der Waals surface area contributed by atoms with Crippen LogP contribution in [-0.2, 0) is 17.7 Å². The molecule has 0 spiro atoms. The van der Waals surface area contributed by atoms with Crippen molar-refractivity contribution in [3.63, 3.8) is 0 Å². The summed E-state index contributed by atoms with van der Waals surface area (Å²) in [5.41, 5.74) is 3.44. The van der Waals surface area contributed by atoms with Gasteiger partial charge < -0.3 is 19.3 Å². The summed E-state index contributed by atoms with van der Waals surface area (Å²) in [4.78, 5) is 17.3. The third kappa shape index (κ3) is 4.54. The molecule has 7 heteroatoms. The molecule has 0 radical (unpaired) electrons. The highest BCUT2D eigenvalue weighted by Crippen LogP contribution is 2.30. The fraction of sp³-hybridized carbons (Fsp3) is 0.524. The number of aromatic amines is 1. The Hall–Kier alpha value is -2.38. The van der Waals surface area contributed by atoms with E-state index in [1.54, 1.807) is 7.11 Å². The second-order valence-electron chi connectivity index (χ2n) is 7.64. The van der Waals surface area contributed by atoms with E-state index in [1.807, 2.05) is 57.1 Å². The predicted octanol–water partition coefficient (Wildman–Crippen LogP) is 2.64. The number of aromatic nitrogens is 2. The zero-order valence-corrected chi connectivity index (χ0v) is 17.4. The number of methoxy groups -OCH3 is 1. The Morgan fingerprint density at radius 2 is 2.11 bits per heavy atom. The molecule has 0 bridgehead atoms. The van der Waals surface area contributed by atoms with Gasteiger partial charge in [-0.2, -0.15) is 5.10 Å². The Morgan fingerprint density at radius 1 is 1.32 bits per heavy atom. The summed E-state index contributed by atoms with van der Waals surface area (Å²) < 4.78 is 11.2. The molecule has 1 aromatic carbocycles. The molecular formula is C21H30N4O3. The second-order valence-corrected chi connectivity index (χ2v) is 7.64. The fourth-order valence-corrected chi connectivity index (χ4v) is 3.56. The smallest absolute Gasteiger partial charge is 0.274 e. The molecule has 152 valence electrons. The SMILES string of the molecule is COc1cccc(CN(CCN(C)C)C(=O)c2n[nH]c3c2C[C@H](C)O[C@@H]3C)c1. The molecule has 3 rings (SSSR count). The van der Waals surface area contributed by atoms with Crippen molar-refractivity contribution in [2.75, 3.05) is 34.3 Å². The van der Waals surface area contributed by atoms with Crippen LogP contribution >= 0.6 is 0 Å². The van der Waals surface area contributed by atoms with Crippen LogP contribution in [0, 0.1) is 0 Å². The molecule has 0 unspecified atom stereocenters. The third-order valence-corrected chi connectivity index (χ3v) is 5.05. The first-order valence-electron chi connectivity index (χ1n) is 9.68. The van der Waals surface area contributed by atoms with Gasteiger partial charge in [-0.3, -0.25) is 9.89 Å². The third-order valence-electron chi connectivity index (χ3n) is 5.05. The maximum absolute atomic E-state index is 13.4. The number of ether oxygens (including phenoxy) is 2. The lowest BCUT2D eigenvalue weighted by Crippen LogP contribution is -2.37. The van der Waals surface area contributed by atoms with E-state index in [0.717, 1.165) is 29.1 Å². The van der Waals surface area contributed by atoms with Crippen molar-refractivity contribution in [2.24, 2.45) is 0 Å². The zero-order chi connectivity index (χ0) is 20.3. The highest BCUT2D eigenvalue weighted by atomic mass is 16.5. The standard InChI is InChI=1S/C21H30N4O3/c1-14-11-18-19(15(2)28-14)22-23-20(18)21(26)25(10-9-24(3)4)13-16-7-6-8-17(12-16)27-5/h6-8,12,14-15H,9-11,13H2,1-5H3,(H,22,23)/t14-,15+/m0/s1. The van der Waals surface area contributed by atoms with Crippen molar-refractivity contribution in [2.45, 2.75) is 39.0 Å². The second kappa shape index (κ2) is 8.75. The van der Waals surface area contributed by atoms with Crippen LogP contribution in [0.25, 0.3) is 0 Å². The van der Waals surface area contributed by atoms with Crippen molar-refractivity contribution >= 4 is 5.91 Å². The van der Waals surface area contributed by atoms with E-state index in [2.05, 4.69) is 15.1 Å². The number of carbonyl (C=O) groups excluding carboxylic acids is 1. The number of benzene rings is 1. The normalized spacial score (nSPS) is 18.8. The molecule has 1 aromatic heterocycles. The molecule has 2 atom stereocenters. The first-order valence-corrected chi connectivity index (χ1v) is 9.68. The minimum atomic E-state index is -0.0820. The zero-order valence-electron chi connectivity index (χ0n) is 17.4. The molecule has 2 aromatic rings. The average molecular weight is 386 g/mol. The molecular weight excluding hydrogens is 356 g/mol. The largest absolute Gasteiger partial charge is 0.497 e. The molecule has 0 aliphatic carbocycles. The maximum atomic E-state index is 13.4. The van der Waals surface area contributed by atoms with Gasteiger partial charge in [-0.25, -0.2) is 0 Å². The van der Waals surface area contributed by atoms with Gasteiger partial charge in [-0.1, -0.05) is 12.1 Å². The Morgan fingerprint density at radius 3 is 2.82 bits per heavy atom. The topological polar surface area (TPSA) is 70.7 Å². The number of rotatable bonds is 7. The summed E-state index contributed by atoms with van der Waals surface area (Å²) in [5.74, 6) is 0.734. The number of H-pyrrole nitrogens is 1. The Bertz CT molecular complexity index is 818. The van der Waals surface area contributed by atoms with E-state index in [-0.39, 0.29) is 18.1 Å². The van der Waals surface area contributed by atoms with Crippen LogP contribution in [0.3, 0.4) is 0 Å². The van der Waals surface area contributed by atoms with Gasteiger partial charge in [0.25, 0.3) is 5.91 Å². The van der Waals surface area contributed by atoms with Crippen LogP contribution in [0.4, 0.5) is 0 Å². The summed E-state index contributed by atoms with van der Waals surface area (Å²) >= 11 is 0. The van der Waals surface area contributed by atoms with Gasteiger partial charge in [-0.15, -0.1) is 0 Å². The minimum Gasteiger partial charge on any atom is -0.497 e. The van der Waals surface area contributed by atoms with E-state index >= 15 is 0 Å². The molecule has 1 aliphatic heterocycles. The molecule has 1 N–H and O–H groups in total. The molecule has 0 fully saturated rings. The van der Waals surface area contributed by atoms with E-state index in [1.165, 1.54) is 0 Å². The van der Waals surface area contributed by atoms with Crippen molar-refractivity contribution in [1.29, 1.82) is 0 Å². The number of likely N-dealkylation sites (N-methyl/N-ethyl adjacent to an activating group) is 1. The monoisotopic (exact) mass is 386 g/mol. The van der Waals surface area contributed by atoms with Crippen LogP contribution in [0.1, 0.15) is 47.3 Å². The maximum Gasteiger partial charge on any atom is 0.274 e. The fourth-order valence-electron chi connectivity index (χ4n) is 3.56. The van der Waals surface area contributed by atoms with Crippen LogP contribution in [-0.4, -0.2) is 66.3 Å². The molecule has 28 heavy (non-hydrogen) atoms. The van der Waals surface area contributed by atoms with Crippen molar-refractivity contribution in [3.8, 4) is 5.75 Å². The Kier molecular flexibility index (Phi) is 6.36. The van der Waals surface area contributed by atoms with E-state index < -0.39 is 0 Å². The van der Waals surface area contributed by atoms with Gasteiger partial charge in [0.1, 0.15) is 5.75 Å². The minimum absolute atomic E-state index is 0.0523. The Balaban J connectivity index is 1.86. The molecule has 0 saturated carbocycles. The number of amides is 1. The van der Waals surface area contributed by atoms with Crippen LogP contribution in [0.15, 0.2) is 24.3 Å². The summed E-state index contributed by atoms with van der Waals surface area (Å²) in [6.07, 6.45) is 0.680. The highest BCUT2D eigenvalue weighted by Gasteiger charge is 2.31. The number of hydrogen-bond acceptors (Lipinski definition) is 5. The number of nitrogens with zero attached hydrogens (tertiary/aromatic N) is 3. The van der Waals surface area contributed by atoms with Gasteiger partial charge in [0.05, 0.1) is 25.0 Å². The van der Waals surface area contributed by atoms with Crippen LogP contribution in [0.5, 0.6) is 5.75 Å². The number of fused-ring (bicyclic) bond motifs is 1. The summed E-state index contributed by atoms with van der Waals surface area (Å²) in [5, 5.41) is 7.40. The molecule has 0 saturated heterocycles. The lowest BCUT2D eigenvalue weighted by molar-refractivity contribution is -0.00702. The molecule has 7 nitrogen and oxygen atoms in total. The Labute approximate surface area is 166 Å². The van der Waals surface area contributed by atoms with Gasteiger partial charge >= 0.3 is 0 Å². The molecule has 2 heterocycles. The van der Waals surface area contributed by atoms with E-state index in [9.17, 15) is 4.79 Å². The number of nitrogens with one attached hydrogen (secondary N) is 1. The van der Waals surface area contributed by atoms with Crippen LogP contribution < -0.4 is 4.74 Å². The number of carbonyl (C=O) groups is 1. The summed E-state index contributed by atoms with van der Waals surface area (Å²) in [6.45, 7) is 5.92. The average Bonchev–Trinajstić information content (AvgIpc) is 3.08. The quantitative estimate of drug-likeness (QED) is 0.792. The lowest BCUT2D eigenvalue weighted by atomic mass is 9.99. The van der Waals surface area contributed by atoms with Crippen molar-refractivity contribution in [3.05, 3.63) is 46.8 Å². The van der Waals surface area contributed by atoms with Gasteiger partial charge in [-0.05, 0) is 45.6 Å². The number of hydrogen-bond donors (Lipinski definition) is 1. The molecule has 1 amide bonds. The van der Waals surface area contributed by atoms with E-state index in [0.29, 0.717) is 25.2 Å². The van der Waals surface area contributed by atoms with E-state index in [4.69, 9.17) is 9.47 Å². The van der Waals surface area contributed by atoms with Gasteiger partial charge in [0.15, 0.2) is 5.69 Å². The van der Waals surface area contributed by atoms with Crippen molar-refractivity contribution < 1.29 is 14.3 Å². The lowest BCUT2D eigenvalue weighted by Gasteiger charge is -2.27. The van der Waals surface area contributed by atoms with Crippen LogP contribution in [0.2, 0.25) is 0 Å². The highest BCUT2D eigenvalue weighted by molar-refractivity contribution is 5.94. The first-order chi connectivity index (χ1) is 13.4. The molecule has 1 aliphatic rings.